The molecule has 3 nitrogen and oxygen atoms in total. The summed E-state index contributed by atoms with van der Waals surface area (Å²) in [5.74, 6) is 0. The lowest BCUT2D eigenvalue weighted by molar-refractivity contribution is 0.666. The molecular weight excluding hydrogens is 655 g/mol. The van der Waals surface area contributed by atoms with Crippen molar-refractivity contribution >= 4 is 92.4 Å². The molecule has 52 heavy (non-hydrogen) atoms. The van der Waals surface area contributed by atoms with E-state index in [1.165, 1.54) is 31.3 Å². The van der Waals surface area contributed by atoms with Crippen LogP contribution in [0.4, 0.5) is 17.1 Å². The van der Waals surface area contributed by atoms with Gasteiger partial charge in [-0.1, -0.05) is 133 Å². The van der Waals surface area contributed by atoms with Gasteiger partial charge in [-0.25, -0.2) is 0 Å². The van der Waals surface area contributed by atoms with Gasteiger partial charge < -0.3 is 13.7 Å². The van der Waals surface area contributed by atoms with Crippen LogP contribution >= 0.6 is 11.3 Å². The van der Waals surface area contributed by atoms with Crippen LogP contribution < -0.4 is 4.90 Å². The van der Waals surface area contributed by atoms with Gasteiger partial charge in [0.15, 0.2) is 11.2 Å². The first-order chi connectivity index (χ1) is 25.8. The maximum Gasteiger partial charge on any atom is 0.159 e. The van der Waals surface area contributed by atoms with Crippen LogP contribution in [0.2, 0.25) is 0 Å². The molecule has 3 aromatic heterocycles. The Kier molecular flexibility index (Phi) is 6.42. The summed E-state index contributed by atoms with van der Waals surface area (Å²) in [5, 5.41) is 6.96. The largest absolute Gasteiger partial charge is 0.454 e. The summed E-state index contributed by atoms with van der Waals surface area (Å²) in [7, 11) is 0. The molecule has 0 atom stereocenters. The molecule has 8 aromatic carbocycles. The van der Waals surface area contributed by atoms with E-state index >= 15 is 0 Å². The van der Waals surface area contributed by atoms with Gasteiger partial charge in [0.1, 0.15) is 11.2 Å². The van der Waals surface area contributed by atoms with Crippen LogP contribution in [0, 0.1) is 0 Å². The summed E-state index contributed by atoms with van der Waals surface area (Å²) >= 11 is 1.85. The quantitative estimate of drug-likeness (QED) is 0.181. The second kappa shape index (κ2) is 11.5. The Labute approximate surface area is 303 Å². The Morgan fingerprint density at radius 2 is 0.962 bits per heavy atom. The minimum Gasteiger partial charge on any atom is -0.454 e. The third-order valence-corrected chi connectivity index (χ3v) is 11.4. The van der Waals surface area contributed by atoms with Crippen molar-refractivity contribution in [3.8, 4) is 22.3 Å². The molecule has 0 aliphatic rings. The van der Waals surface area contributed by atoms with E-state index in [4.69, 9.17) is 8.83 Å². The van der Waals surface area contributed by atoms with Crippen molar-refractivity contribution < 1.29 is 8.83 Å². The highest BCUT2D eigenvalue weighted by atomic mass is 32.1. The first-order valence-electron chi connectivity index (χ1n) is 17.5. The van der Waals surface area contributed by atoms with Crippen molar-refractivity contribution in [1.29, 1.82) is 0 Å². The molecule has 3 heterocycles. The topological polar surface area (TPSA) is 29.5 Å². The molecule has 0 N–H and O–H groups in total. The van der Waals surface area contributed by atoms with Crippen LogP contribution in [0.1, 0.15) is 0 Å². The molecule has 0 aliphatic carbocycles. The summed E-state index contributed by atoms with van der Waals surface area (Å²) in [5.41, 5.74) is 10.9. The van der Waals surface area contributed by atoms with Crippen molar-refractivity contribution in [3.63, 3.8) is 0 Å². The molecule has 0 spiro atoms. The average molecular weight is 684 g/mol. The van der Waals surface area contributed by atoms with Crippen LogP contribution in [0.3, 0.4) is 0 Å². The van der Waals surface area contributed by atoms with Crippen molar-refractivity contribution in [2.45, 2.75) is 0 Å². The summed E-state index contributed by atoms with van der Waals surface area (Å²) in [6, 6.07) is 62.3. The highest BCUT2D eigenvalue weighted by molar-refractivity contribution is 7.25. The molecule has 0 amide bonds. The van der Waals surface area contributed by atoms with Gasteiger partial charge in [0, 0.05) is 53.0 Å². The lowest BCUT2D eigenvalue weighted by Gasteiger charge is -2.25. The van der Waals surface area contributed by atoms with Gasteiger partial charge in [0.2, 0.25) is 0 Å². The van der Waals surface area contributed by atoms with Gasteiger partial charge in [-0.05, 0) is 59.2 Å². The highest BCUT2D eigenvalue weighted by Gasteiger charge is 2.24. The zero-order chi connectivity index (χ0) is 34.2. The number of para-hydroxylation sites is 4. The number of nitrogens with zero attached hydrogens (tertiary/aromatic N) is 1. The Balaban J connectivity index is 1.12. The standard InChI is InChI=1S/C48H29NO2S/c1-2-11-31(12-3-1)34-15-8-16-39-40-18-10-20-42(48(40)51-46(34)39)49(41-19-9-17-38-35-13-4-6-21-43(35)50-47(38)41)33-26-23-30(24-27-33)32-25-28-37-36-14-5-7-22-44(36)52-45(37)29-32/h1-29H. The van der Waals surface area contributed by atoms with Crippen molar-refractivity contribution in [3.05, 3.63) is 176 Å². The molecule has 0 aliphatic heterocycles. The van der Waals surface area contributed by atoms with Crippen LogP contribution in [0.5, 0.6) is 0 Å². The fourth-order valence-electron chi connectivity index (χ4n) is 7.85. The van der Waals surface area contributed by atoms with E-state index in [1.807, 2.05) is 29.5 Å². The van der Waals surface area contributed by atoms with Crippen LogP contribution in [0.25, 0.3) is 86.3 Å². The third kappa shape index (κ3) is 4.45. The van der Waals surface area contributed by atoms with Crippen LogP contribution in [-0.2, 0) is 0 Å². The Morgan fingerprint density at radius 1 is 0.365 bits per heavy atom. The molecule has 0 unspecified atom stereocenters. The Hall–Kier alpha value is -6.62. The number of anilines is 3. The van der Waals surface area contributed by atoms with Gasteiger partial charge in [0.25, 0.3) is 0 Å². The highest BCUT2D eigenvalue weighted by Crippen LogP contribution is 2.47. The molecule has 0 saturated carbocycles. The number of rotatable bonds is 5. The summed E-state index contributed by atoms with van der Waals surface area (Å²) in [4.78, 5) is 2.29. The third-order valence-electron chi connectivity index (χ3n) is 10.3. The average Bonchev–Trinajstić information content (AvgIpc) is 3.90. The van der Waals surface area contributed by atoms with Gasteiger partial charge in [-0.2, -0.15) is 0 Å². The minimum absolute atomic E-state index is 0.827. The fraction of sp³-hybridized carbons (Fsp3) is 0. The van der Waals surface area contributed by atoms with Crippen LogP contribution in [0.15, 0.2) is 185 Å². The Morgan fingerprint density at radius 3 is 1.77 bits per heavy atom. The smallest absolute Gasteiger partial charge is 0.159 e. The second-order valence-electron chi connectivity index (χ2n) is 13.2. The summed E-state index contributed by atoms with van der Waals surface area (Å²) in [6.45, 7) is 0. The normalized spacial score (nSPS) is 11.8. The number of fused-ring (bicyclic) bond motifs is 9. The zero-order valence-electron chi connectivity index (χ0n) is 27.9. The zero-order valence-corrected chi connectivity index (χ0v) is 28.7. The van der Waals surface area contributed by atoms with Crippen LogP contribution in [-0.4, -0.2) is 0 Å². The number of hydrogen-bond acceptors (Lipinski definition) is 4. The van der Waals surface area contributed by atoms with Crippen molar-refractivity contribution in [2.24, 2.45) is 0 Å². The van der Waals surface area contributed by atoms with Crippen molar-refractivity contribution in [1.82, 2.24) is 0 Å². The number of hydrogen-bond donors (Lipinski definition) is 0. The van der Waals surface area contributed by atoms with E-state index in [2.05, 4.69) is 163 Å². The molecule has 0 fully saturated rings. The molecule has 0 radical (unpaired) electrons. The lowest BCUT2D eigenvalue weighted by Crippen LogP contribution is -2.10. The molecule has 11 rings (SSSR count). The molecule has 0 bridgehead atoms. The van der Waals surface area contributed by atoms with E-state index in [9.17, 15) is 0 Å². The molecular formula is C48H29NO2S. The van der Waals surface area contributed by atoms with E-state index in [-0.39, 0.29) is 0 Å². The monoisotopic (exact) mass is 683 g/mol. The van der Waals surface area contributed by atoms with Crippen molar-refractivity contribution in [2.75, 3.05) is 4.90 Å². The maximum absolute atomic E-state index is 6.95. The lowest BCUT2D eigenvalue weighted by atomic mass is 10.0. The number of thiophene rings is 1. The summed E-state index contributed by atoms with van der Waals surface area (Å²) < 4.78 is 16.2. The van der Waals surface area contributed by atoms with Gasteiger partial charge in [-0.3, -0.25) is 0 Å². The molecule has 0 saturated heterocycles. The second-order valence-corrected chi connectivity index (χ2v) is 14.3. The SMILES string of the molecule is c1ccc(-c2cccc3c2oc2c(N(c4ccc(-c5ccc6c(c5)sc5ccccc56)cc4)c4cccc5c4oc4ccccc45)cccc23)cc1. The Bertz CT molecular complexity index is 3130. The van der Waals surface area contributed by atoms with E-state index in [1.54, 1.807) is 0 Å². The first-order valence-corrected chi connectivity index (χ1v) is 18.3. The van der Waals surface area contributed by atoms with E-state index in [0.29, 0.717) is 0 Å². The number of furan rings is 2. The number of benzene rings is 8. The predicted octanol–water partition coefficient (Wildman–Crippen LogP) is 14.7. The fourth-order valence-corrected chi connectivity index (χ4v) is 9.00. The summed E-state index contributed by atoms with van der Waals surface area (Å²) in [6.07, 6.45) is 0. The molecule has 11 aromatic rings. The van der Waals surface area contributed by atoms with Gasteiger partial charge >= 0.3 is 0 Å². The van der Waals surface area contributed by atoms with E-state index < -0.39 is 0 Å². The van der Waals surface area contributed by atoms with Gasteiger partial charge in [-0.15, -0.1) is 11.3 Å². The molecule has 244 valence electrons. The van der Waals surface area contributed by atoms with E-state index in [0.717, 1.165) is 72.1 Å². The molecule has 4 heteroatoms. The van der Waals surface area contributed by atoms with Gasteiger partial charge in [0.05, 0.1) is 11.4 Å². The minimum atomic E-state index is 0.827. The predicted molar refractivity (Wildman–Crippen MR) is 219 cm³/mol. The first kappa shape index (κ1) is 29.1. The maximum atomic E-state index is 6.95.